The van der Waals surface area contributed by atoms with Gasteiger partial charge in [0.15, 0.2) is 5.82 Å². The average Bonchev–Trinajstić information content (AvgIpc) is 2.87. The van der Waals surface area contributed by atoms with E-state index in [1.54, 1.807) is 0 Å². The highest BCUT2D eigenvalue weighted by atomic mass is 19.4. The van der Waals surface area contributed by atoms with E-state index in [9.17, 15) is 28.1 Å². The molecule has 0 aliphatic heterocycles. The highest BCUT2D eigenvalue weighted by Crippen LogP contribution is 2.29. The van der Waals surface area contributed by atoms with Crippen LogP contribution in [0.5, 0.6) is 0 Å². The Labute approximate surface area is 113 Å². The second kappa shape index (κ2) is 4.85. The number of nitrogens with zero attached hydrogens (tertiary/aromatic N) is 4. The fraction of sp³-hybridized carbons (Fsp3) is 0.100. The SMILES string of the molecule is O=C(O)c1cc([N+](=O)[O-])cnc1-n1cc(C(F)(F)F)cn1. The molecule has 0 aromatic carbocycles. The number of halogens is 3. The monoisotopic (exact) mass is 302 g/mol. The molecule has 0 atom stereocenters. The van der Waals surface area contributed by atoms with Gasteiger partial charge in [0.2, 0.25) is 0 Å². The van der Waals surface area contributed by atoms with Crippen molar-refractivity contribution in [3.8, 4) is 5.82 Å². The molecule has 21 heavy (non-hydrogen) atoms. The van der Waals surface area contributed by atoms with Crippen molar-refractivity contribution in [1.29, 1.82) is 0 Å². The van der Waals surface area contributed by atoms with Crippen molar-refractivity contribution in [1.82, 2.24) is 14.8 Å². The molecule has 0 amide bonds. The van der Waals surface area contributed by atoms with Gasteiger partial charge in [-0.05, 0) is 0 Å². The number of aromatic carboxylic acids is 1. The standard InChI is InChI=1S/C10H5F3N4O4/c11-10(12,13)5-2-15-16(4-5)8-7(9(18)19)1-6(3-14-8)17(20)21/h1-4H,(H,18,19). The van der Waals surface area contributed by atoms with Crippen LogP contribution in [0, 0.1) is 10.1 Å². The maximum absolute atomic E-state index is 12.5. The predicted molar refractivity (Wildman–Crippen MR) is 60.0 cm³/mol. The summed E-state index contributed by atoms with van der Waals surface area (Å²) in [4.78, 5) is 24.2. The normalized spacial score (nSPS) is 11.4. The van der Waals surface area contributed by atoms with Gasteiger partial charge in [0.1, 0.15) is 11.8 Å². The molecule has 0 fully saturated rings. The fourth-order valence-corrected chi connectivity index (χ4v) is 1.47. The van der Waals surface area contributed by atoms with Crippen LogP contribution in [-0.4, -0.2) is 30.8 Å². The summed E-state index contributed by atoms with van der Waals surface area (Å²) >= 11 is 0. The number of carbonyl (C=O) groups is 1. The van der Waals surface area contributed by atoms with E-state index in [1.165, 1.54) is 0 Å². The highest BCUT2D eigenvalue weighted by Gasteiger charge is 2.33. The van der Waals surface area contributed by atoms with Gasteiger partial charge in [-0.3, -0.25) is 10.1 Å². The van der Waals surface area contributed by atoms with Crippen molar-refractivity contribution in [2.45, 2.75) is 6.18 Å². The summed E-state index contributed by atoms with van der Waals surface area (Å²) in [5, 5.41) is 22.9. The van der Waals surface area contributed by atoms with Crippen molar-refractivity contribution in [3.05, 3.63) is 45.9 Å². The number of hydrogen-bond acceptors (Lipinski definition) is 5. The number of aromatic nitrogens is 3. The lowest BCUT2D eigenvalue weighted by molar-refractivity contribution is -0.385. The Morgan fingerprint density at radius 3 is 2.52 bits per heavy atom. The molecule has 2 rings (SSSR count). The van der Waals surface area contributed by atoms with Gasteiger partial charge in [0.25, 0.3) is 5.69 Å². The predicted octanol–water partition coefficient (Wildman–Crippen LogP) is 1.89. The molecule has 0 spiro atoms. The molecular weight excluding hydrogens is 297 g/mol. The zero-order valence-electron chi connectivity index (χ0n) is 9.90. The number of alkyl halides is 3. The van der Waals surface area contributed by atoms with Crippen LogP contribution in [0.15, 0.2) is 24.7 Å². The zero-order chi connectivity index (χ0) is 15.8. The Morgan fingerprint density at radius 1 is 1.38 bits per heavy atom. The zero-order valence-corrected chi connectivity index (χ0v) is 9.90. The summed E-state index contributed by atoms with van der Waals surface area (Å²) in [6.45, 7) is 0. The largest absolute Gasteiger partial charge is 0.478 e. The molecule has 0 aliphatic rings. The maximum Gasteiger partial charge on any atom is 0.419 e. The minimum absolute atomic E-state index is 0.455. The second-order valence-electron chi connectivity index (χ2n) is 3.80. The lowest BCUT2D eigenvalue weighted by atomic mass is 10.2. The summed E-state index contributed by atoms with van der Waals surface area (Å²) < 4.78 is 38.0. The first-order chi connectivity index (χ1) is 9.70. The number of hydrogen-bond donors (Lipinski definition) is 1. The van der Waals surface area contributed by atoms with Crippen molar-refractivity contribution in [3.63, 3.8) is 0 Å². The number of pyridine rings is 1. The van der Waals surface area contributed by atoms with Crippen molar-refractivity contribution < 1.29 is 28.0 Å². The minimum Gasteiger partial charge on any atom is -0.478 e. The molecule has 8 nitrogen and oxygen atoms in total. The molecule has 0 unspecified atom stereocenters. The van der Waals surface area contributed by atoms with E-state index >= 15 is 0 Å². The first kappa shape index (κ1) is 14.4. The lowest BCUT2D eigenvalue weighted by Crippen LogP contribution is -2.09. The third-order valence-electron chi connectivity index (χ3n) is 2.42. The average molecular weight is 302 g/mol. The summed E-state index contributed by atoms with van der Waals surface area (Å²) in [5.41, 5.74) is -2.33. The fourth-order valence-electron chi connectivity index (χ4n) is 1.47. The third kappa shape index (κ3) is 2.80. The highest BCUT2D eigenvalue weighted by molar-refractivity contribution is 5.91. The number of rotatable bonds is 3. The quantitative estimate of drug-likeness (QED) is 0.684. The van der Waals surface area contributed by atoms with Crippen LogP contribution in [0.4, 0.5) is 18.9 Å². The van der Waals surface area contributed by atoms with E-state index in [1.807, 2.05) is 0 Å². The summed E-state index contributed by atoms with van der Waals surface area (Å²) in [5.74, 6) is -2.03. The Bertz CT molecular complexity index is 725. The van der Waals surface area contributed by atoms with E-state index in [2.05, 4.69) is 10.1 Å². The van der Waals surface area contributed by atoms with Gasteiger partial charge in [-0.25, -0.2) is 14.5 Å². The van der Waals surface area contributed by atoms with Gasteiger partial charge >= 0.3 is 12.1 Å². The molecule has 11 heteroatoms. The summed E-state index contributed by atoms with van der Waals surface area (Å²) in [7, 11) is 0. The number of carboxylic acids is 1. The van der Waals surface area contributed by atoms with Gasteiger partial charge in [0.05, 0.1) is 16.7 Å². The third-order valence-corrected chi connectivity index (χ3v) is 2.42. The molecule has 0 radical (unpaired) electrons. The Hall–Kier alpha value is -2.98. The molecule has 2 aromatic heterocycles. The topological polar surface area (TPSA) is 111 Å². The molecule has 0 aliphatic carbocycles. The van der Waals surface area contributed by atoms with Crippen LogP contribution in [0.2, 0.25) is 0 Å². The smallest absolute Gasteiger partial charge is 0.419 e. The van der Waals surface area contributed by atoms with Gasteiger partial charge < -0.3 is 5.11 Å². The first-order valence-corrected chi connectivity index (χ1v) is 5.20. The molecule has 110 valence electrons. The molecule has 2 aromatic rings. The van der Waals surface area contributed by atoms with Crippen molar-refractivity contribution in [2.24, 2.45) is 0 Å². The molecule has 2 heterocycles. The second-order valence-corrected chi connectivity index (χ2v) is 3.80. The number of carboxylic acid groups (broad SMARTS) is 1. The van der Waals surface area contributed by atoms with Crippen LogP contribution in [-0.2, 0) is 6.18 Å². The van der Waals surface area contributed by atoms with Crippen LogP contribution in [0.25, 0.3) is 5.82 Å². The molecule has 0 bridgehead atoms. The van der Waals surface area contributed by atoms with E-state index < -0.39 is 39.7 Å². The van der Waals surface area contributed by atoms with E-state index in [4.69, 9.17) is 5.11 Å². The summed E-state index contributed by atoms with van der Waals surface area (Å²) in [6.07, 6.45) is -2.88. The van der Waals surface area contributed by atoms with Crippen molar-refractivity contribution >= 4 is 11.7 Å². The van der Waals surface area contributed by atoms with Gasteiger partial charge in [-0.1, -0.05) is 0 Å². The minimum atomic E-state index is -4.65. The Morgan fingerprint density at radius 2 is 2.05 bits per heavy atom. The van der Waals surface area contributed by atoms with Crippen LogP contribution in [0.3, 0.4) is 0 Å². The molecule has 0 saturated heterocycles. The van der Waals surface area contributed by atoms with E-state index in [0.29, 0.717) is 23.1 Å². The maximum atomic E-state index is 12.5. The van der Waals surface area contributed by atoms with Crippen LogP contribution < -0.4 is 0 Å². The van der Waals surface area contributed by atoms with Gasteiger partial charge in [-0.15, -0.1) is 0 Å². The van der Waals surface area contributed by atoms with Gasteiger partial charge in [0, 0.05) is 12.3 Å². The number of nitro groups is 1. The van der Waals surface area contributed by atoms with E-state index in [0.717, 1.165) is 6.20 Å². The summed E-state index contributed by atoms with van der Waals surface area (Å²) in [6, 6.07) is 0.694. The van der Waals surface area contributed by atoms with E-state index in [-0.39, 0.29) is 0 Å². The van der Waals surface area contributed by atoms with Crippen LogP contribution in [0.1, 0.15) is 15.9 Å². The van der Waals surface area contributed by atoms with Crippen LogP contribution >= 0.6 is 0 Å². The molecular formula is C10H5F3N4O4. The lowest BCUT2D eigenvalue weighted by Gasteiger charge is -2.05. The van der Waals surface area contributed by atoms with Crippen molar-refractivity contribution in [2.75, 3.05) is 0 Å². The Balaban J connectivity index is 2.56. The van der Waals surface area contributed by atoms with Gasteiger partial charge in [-0.2, -0.15) is 18.3 Å². The molecule has 1 N–H and O–H groups in total. The first-order valence-electron chi connectivity index (χ1n) is 5.20. The molecule has 0 saturated carbocycles. The Kier molecular flexibility index (Phi) is 3.33.